The highest BCUT2D eigenvalue weighted by molar-refractivity contribution is 6.23. The van der Waals surface area contributed by atoms with Crippen LogP contribution in [0.3, 0.4) is 0 Å². The number of nitrogens with one attached hydrogen (secondary N) is 1. The lowest BCUT2D eigenvalue weighted by Gasteiger charge is -2.21. The van der Waals surface area contributed by atoms with E-state index in [1.807, 2.05) is 44.3 Å². The third-order valence-electron chi connectivity index (χ3n) is 1.79. The summed E-state index contributed by atoms with van der Waals surface area (Å²) in [4.78, 5) is -0.443. The zero-order chi connectivity index (χ0) is 8.32. The molecule has 1 rings (SSSR count). The van der Waals surface area contributed by atoms with E-state index in [0.29, 0.717) is 0 Å². The molecule has 1 nitrogen and oxygen atoms in total. The Kier molecular flexibility index (Phi) is 2.53. The quantitative estimate of drug-likeness (QED) is 0.529. The maximum atomic E-state index is 6.13. The fourth-order valence-electron chi connectivity index (χ4n) is 0.895. The van der Waals surface area contributed by atoms with Gasteiger partial charge >= 0.3 is 0 Å². The van der Waals surface area contributed by atoms with E-state index >= 15 is 0 Å². The van der Waals surface area contributed by atoms with Crippen LogP contribution in [0.2, 0.25) is 0 Å². The van der Waals surface area contributed by atoms with Crippen molar-refractivity contribution in [2.75, 3.05) is 7.05 Å². The molecule has 0 aliphatic heterocycles. The third kappa shape index (κ3) is 1.95. The van der Waals surface area contributed by atoms with Crippen LogP contribution in [0.4, 0.5) is 0 Å². The second-order valence-corrected chi connectivity index (χ2v) is 3.37. The number of hydrogen-bond donors (Lipinski definition) is 1. The van der Waals surface area contributed by atoms with E-state index in [2.05, 4.69) is 5.32 Å². The lowest BCUT2D eigenvalue weighted by Crippen LogP contribution is -2.30. The van der Waals surface area contributed by atoms with Gasteiger partial charge in [0, 0.05) is 0 Å². The van der Waals surface area contributed by atoms with Gasteiger partial charge < -0.3 is 0 Å². The van der Waals surface area contributed by atoms with Gasteiger partial charge in [0.05, 0.1) is 0 Å². The van der Waals surface area contributed by atoms with Crippen LogP contribution in [-0.2, 0) is 5.00 Å². The van der Waals surface area contributed by atoms with Gasteiger partial charge in [-0.25, -0.2) is 0 Å². The first-order valence-electron chi connectivity index (χ1n) is 3.60. The molecule has 0 saturated heterocycles. The van der Waals surface area contributed by atoms with Gasteiger partial charge in [-0.15, -0.1) is 0 Å². The van der Waals surface area contributed by atoms with Crippen LogP contribution in [0.15, 0.2) is 30.3 Å². The Bertz CT molecular complexity index is 218. The molecule has 11 heavy (non-hydrogen) atoms. The van der Waals surface area contributed by atoms with E-state index in [9.17, 15) is 0 Å². The Labute approximate surface area is 72.4 Å². The van der Waals surface area contributed by atoms with Crippen LogP contribution in [0.5, 0.6) is 0 Å². The maximum Gasteiger partial charge on any atom is 0.116 e. The van der Waals surface area contributed by atoms with Gasteiger partial charge in [-0.3, -0.25) is 5.32 Å². The number of halogens is 1. The van der Waals surface area contributed by atoms with Gasteiger partial charge in [0.25, 0.3) is 0 Å². The molecule has 0 aliphatic carbocycles. The third-order valence-corrected chi connectivity index (χ3v) is 2.19. The molecule has 1 unspecified atom stereocenters. The molecule has 0 fully saturated rings. The molecule has 1 aromatic carbocycles. The lowest BCUT2D eigenvalue weighted by atomic mass is 10.1. The summed E-state index contributed by atoms with van der Waals surface area (Å²) in [5, 5.41) is 3.02. The SMILES string of the molecule is CNC(C)(Cl)c1ccccc1. The minimum absolute atomic E-state index is 0.443. The molecule has 2 heteroatoms. The largest absolute Gasteiger partial charge is 0.298 e. The second-order valence-electron chi connectivity index (χ2n) is 2.62. The Morgan fingerprint density at radius 2 is 1.82 bits per heavy atom. The molecule has 0 bridgehead atoms. The number of alkyl halides is 1. The van der Waals surface area contributed by atoms with Gasteiger partial charge in [0.15, 0.2) is 0 Å². The molecular weight excluding hydrogens is 158 g/mol. The van der Waals surface area contributed by atoms with E-state index in [0.717, 1.165) is 5.56 Å². The van der Waals surface area contributed by atoms with E-state index in [1.165, 1.54) is 0 Å². The van der Waals surface area contributed by atoms with E-state index < -0.39 is 5.00 Å². The molecule has 0 aromatic heterocycles. The molecule has 1 atom stereocenters. The predicted octanol–water partition coefficient (Wildman–Crippen LogP) is 2.32. The van der Waals surface area contributed by atoms with Crippen molar-refractivity contribution in [1.29, 1.82) is 0 Å². The van der Waals surface area contributed by atoms with Crippen LogP contribution in [-0.4, -0.2) is 7.05 Å². The van der Waals surface area contributed by atoms with Crippen molar-refractivity contribution in [1.82, 2.24) is 5.32 Å². The Balaban J connectivity index is 2.93. The van der Waals surface area contributed by atoms with Gasteiger partial charge in [0.1, 0.15) is 5.00 Å². The van der Waals surface area contributed by atoms with Gasteiger partial charge in [0.2, 0.25) is 0 Å². The van der Waals surface area contributed by atoms with Crippen LogP contribution >= 0.6 is 11.6 Å². The summed E-state index contributed by atoms with van der Waals surface area (Å²) < 4.78 is 0. The molecule has 0 spiro atoms. The molecule has 1 N–H and O–H groups in total. The van der Waals surface area contributed by atoms with E-state index in [1.54, 1.807) is 0 Å². The van der Waals surface area contributed by atoms with Gasteiger partial charge in [-0.2, -0.15) is 0 Å². The second kappa shape index (κ2) is 3.24. The zero-order valence-corrected chi connectivity index (χ0v) is 7.52. The minimum Gasteiger partial charge on any atom is -0.298 e. The maximum absolute atomic E-state index is 6.13. The number of rotatable bonds is 2. The highest BCUT2D eigenvalue weighted by atomic mass is 35.5. The summed E-state index contributed by atoms with van der Waals surface area (Å²) in [6.07, 6.45) is 0. The van der Waals surface area contributed by atoms with Gasteiger partial charge in [-0.1, -0.05) is 41.9 Å². The van der Waals surface area contributed by atoms with E-state index in [4.69, 9.17) is 11.6 Å². The van der Waals surface area contributed by atoms with E-state index in [-0.39, 0.29) is 0 Å². The topological polar surface area (TPSA) is 12.0 Å². The molecule has 0 aliphatic rings. The van der Waals surface area contributed by atoms with Crippen molar-refractivity contribution in [3.05, 3.63) is 35.9 Å². The summed E-state index contributed by atoms with van der Waals surface area (Å²) in [6, 6.07) is 9.94. The van der Waals surface area contributed by atoms with Crippen LogP contribution < -0.4 is 5.32 Å². The Morgan fingerprint density at radius 3 is 2.27 bits per heavy atom. The number of benzene rings is 1. The molecule has 0 amide bonds. The molecule has 60 valence electrons. The smallest absolute Gasteiger partial charge is 0.116 e. The fourth-order valence-corrected chi connectivity index (χ4v) is 1.02. The number of hydrogen-bond acceptors (Lipinski definition) is 1. The summed E-state index contributed by atoms with van der Waals surface area (Å²) in [6.45, 7) is 1.93. The highest BCUT2D eigenvalue weighted by Gasteiger charge is 2.19. The van der Waals surface area contributed by atoms with Crippen LogP contribution in [0.25, 0.3) is 0 Å². The van der Waals surface area contributed by atoms with Crippen molar-refractivity contribution >= 4 is 11.6 Å². The fraction of sp³-hybridized carbons (Fsp3) is 0.333. The average Bonchev–Trinajstić information content (AvgIpc) is 2.06. The first-order chi connectivity index (χ1) is 5.17. The Hall–Kier alpha value is -0.530. The van der Waals surface area contributed by atoms with Crippen LogP contribution in [0.1, 0.15) is 12.5 Å². The van der Waals surface area contributed by atoms with Crippen molar-refractivity contribution in [2.24, 2.45) is 0 Å². The summed E-state index contributed by atoms with van der Waals surface area (Å²) in [5.41, 5.74) is 1.09. The van der Waals surface area contributed by atoms with Crippen molar-refractivity contribution < 1.29 is 0 Å². The van der Waals surface area contributed by atoms with Gasteiger partial charge in [-0.05, 0) is 19.5 Å². The lowest BCUT2D eigenvalue weighted by molar-refractivity contribution is 0.575. The summed E-state index contributed by atoms with van der Waals surface area (Å²) >= 11 is 6.13. The Morgan fingerprint density at radius 1 is 1.27 bits per heavy atom. The first-order valence-corrected chi connectivity index (χ1v) is 3.98. The minimum atomic E-state index is -0.443. The molecule has 0 saturated carbocycles. The summed E-state index contributed by atoms with van der Waals surface area (Å²) in [5.74, 6) is 0. The molecule has 0 radical (unpaired) electrons. The highest BCUT2D eigenvalue weighted by Crippen LogP contribution is 2.23. The molecular formula is C9H12ClN. The molecule has 1 aromatic rings. The normalized spacial score (nSPS) is 15.9. The summed E-state index contributed by atoms with van der Waals surface area (Å²) in [7, 11) is 1.85. The van der Waals surface area contributed by atoms with Crippen molar-refractivity contribution in [2.45, 2.75) is 11.9 Å². The standard InChI is InChI=1S/C9H12ClN/c1-9(10,11-2)8-6-4-3-5-7-8/h3-7,11H,1-2H3. The first kappa shape index (κ1) is 8.57. The van der Waals surface area contributed by atoms with Crippen LogP contribution in [0, 0.1) is 0 Å². The molecule has 0 heterocycles. The van der Waals surface area contributed by atoms with Crippen molar-refractivity contribution in [3.8, 4) is 0 Å². The van der Waals surface area contributed by atoms with Crippen molar-refractivity contribution in [3.63, 3.8) is 0 Å². The zero-order valence-electron chi connectivity index (χ0n) is 6.76. The average molecular weight is 170 g/mol. The monoisotopic (exact) mass is 169 g/mol. The predicted molar refractivity (Wildman–Crippen MR) is 48.7 cm³/mol.